The molecule has 5 heteroatoms. The summed E-state index contributed by atoms with van der Waals surface area (Å²) < 4.78 is 0. The van der Waals surface area contributed by atoms with Crippen LogP contribution in [0.25, 0.3) is 0 Å². The highest BCUT2D eigenvalue weighted by atomic mass is 16.2. The van der Waals surface area contributed by atoms with Gasteiger partial charge in [0.1, 0.15) is 5.82 Å². The van der Waals surface area contributed by atoms with E-state index in [1.807, 2.05) is 17.9 Å². The lowest BCUT2D eigenvalue weighted by atomic mass is 9.76. The fourth-order valence-electron chi connectivity index (χ4n) is 3.27. The van der Waals surface area contributed by atoms with Crippen molar-refractivity contribution in [2.45, 2.75) is 38.5 Å². The summed E-state index contributed by atoms with van der Waals surface area (Å²) in [7, 11) is 0. The monoisotopic (exact) mass is 324 g/mol. The van der Waals surface area contributed by atoms with Crippen molar-refractivity contribution >= 4 is 11.7 Å². The van der Waals surface area contributed by atoms with Crippen LogP contribution in [0.5, 0.6) is 0 Å². The average Bonchev–Trinajstić information content (AvgIpc) is 2.81. The first-order chi connectivity index (χ1) is 11.6. The van der Waals surface area contributed by atoms with Crippen molar-refractivity contribution in [1.82, 2.24) is 14.9 Å². The average molecular weight is 324 g/mol. The van der Waals surface area contributed by atoms with Gasteiger partial charge in [0, 0.05) is 13.1 Å². The second kappa shape index (κ2) is 6.99. The number of benzene rings is 1. The minimum atomic E-state index is -0.0697. The molecule has 1 atom stereocenters. The Hall–Kier alpha value is -2.43. The van der Waals surface area contributed by atoms with E-state index in [9.17, 15) is 4.79 Å². The van der Waals surface area contributed by atoms with Crippen molar-refractivity contribution in [2.24, 2.45) is 0 Å². The Kier molecular flexibility index (Phi) is 4.79. The van der Waals surface area contributed by atoms with E-state index in [2.05, 4.69) is 46.5 Å². The molecular weight excluding hydrogens is 300 g/mol. The molecule has 1 aromatic carbocycles. The SMILES string of the molecule is Cc1ncc(NC(=O)N2CCCC(C)(c3ccccc3)CC2)cn1. The van der Waals surface area contributed by atoms with E-state index < -0.39 is 0 Å². The predicted octanol–water partition coefficient (Wildman–Crippen LogP) is 3.76. The van der Waals surface area contributed by atoms with Crippen molar-refractivity contribution in [1.29, 1.82) is 0 Å². The van der Waals surface area contributed by atoms with Gasteiger partial charge in [-0.25, -0.2) is 14.8 Å². The number of nitrogens with zero attached hydrogens (tertiary/aromatic N) is 3. The van der Waals surface area contributed by atoms with Crippen LogP contribution in [-0.2, 0) is 5.41 Å². The minimum Gasteiger partial charge on any atom is -0.325 e. The van der Waals surface area contributed by atoms with Gasteiger partial charge in [0.15, 0.2) is 0 Å². The Morgan fingerprint density at radius 2 is 1.83 bits per heavy atom. The quantitative estimate of drug-likeness (QED) is 0.915. The van der Waals surface area contributed by atoms with E-state index in [4.69, 9.17) is 0 Å². The summed E-state index contributed by atoms with van der Waals surface area (Å²) in [6, 6.07) is 10.5. The Morgan fingerprint density at radius 1 is 1.12 bits per heavy atom. The number of urea groups is 1. The van der Waals surface area contributed by atoms with Gasteiger partial charge in [0.25, 0.3) is 0 Å². The summed E-state index contributed by atoms with van der Waals surface area (Å²) in [4.78, 5) is 22.6. The summed E-state index contributed by atoms with van der Waals surface area (Å²) in [6.07, 6.45) is 6.35. The zero-order valence-electron chi connectivity index (χ0n) is 14.3. The standard InChI is InChI=1S/C19H24N4O/c1-15-20-13-17(14-21-15)22-18(24)23-11-6-9-19(2,10-12-23)16-7-4-3-5-8-16/h3-5,7-8,13-14H,6,9-12H2,1-2H3,(H,22,24). The van der Waals surface area contributed by atoms with Gasteiger partial charge < -0.3 is 10.2 Å². The van der Waals surface area contributed by atoms with E-state index in [0.29, 0.717) is 11.5 Å². The predicted molar refractivity (Wildman–Crippen MR) is 95.0 cm³/mol. The van der Waals surface area contributed by atoms with Crippen LogP contribution < -0.4 is 5.32 Å². The van der Waals surface area contributed by atoms with Crippen molar-refractivity contribution in [3.63, 3.8) is 0 Å². The minimum absolute atomic E-state index is 0.0697. The fourth-order valence-corrected chi connectivity index (χ4v) is 3.27. The number of hydrogen-bond acceptors (Lipinski definition) is 3. The molecule has 1 unspecified atom stereocenters. The lowest BCUT2D eigenvalue weighted by Gasteiger charge is -2.29. The molecule has 126 valence electrons. The van der Waals surface area contributed by atoms with E-state index in [-0.39, 0.29) is 11.4 Å². The molecule has 1 aliphatic heterocycles. The fraction of sp³-hybridized carbons (Fsp3) is 0.421. The smallest absolute Gasteiger partial charge is 0.321 e. The highest BCUT2D eigenvalue weighted by Crippen LogP contribution is 2.34. The van der Waals surface area contributed by atoms with Gasteiger partial charge in [-0.3, -0.25) is 0 Å². The summed E-state index contributed by atoms with van der Waals surface area (Å²) in [5.41, 5.74) is 2.13. The number of likely N-dealkylation sites (tertiary alicyclic amines) is 1. The maximum absolute atomic E-state index is 12.5. The van der Waals surface area contributed by atoms with E-state index in [1.165, 1.54) is 5.56 Å². The van der Waals surface area contributed by atoms with Crippen LogP contribution >= 0.6 is 0 Å². The van der Waals surface area contributed by atoms with Gasteiger partial charge in [0.05, 0.1) is 18.1 Å². The van der Waals surface area contributed by atoms with E-state index in [0.717, 1.165) is 32.4 Å². The van der Waals surface area contributed by atoms with Gasteiger partial charge >= 0.3 is 6.03 Å². The molecule has 3 rings (SSSR count). The molecule has 1 fully saturated rings. The molecule has 1 N–H and O–H groups in total. The van der Waals surface area contributed by atoms with Crippen LogP contribution in [0.3, 0.4) is 0 Å². The topological polar surface area (TPSA) is 58.1 Å². The van der Waals surface area contributed by atoms with Crippen LogP contribution in [-0.4, -0.2) is 34.0 Å². The second-order valence-electron chi connectivity index (χ2n) is 6.72. The highest BCUT2D eigenvalue weighted by Gasteiger charge is 2.30. The number of rotatable bonds is 2. The third-order valence-corrected chi connectivity index (χ3v) is 4.88. The van der Waals surface area contributed by atoms with Crippen molar-refractivity contribution in [2.75, 3.05) is 18.4 Å². The largest absolute Gasteiger partial charge is 0.325 e. The summed E-state index contributed by atoms with van der Waals surface area (Å²) in [5, 5.41) is 2.90. The van der Waals surface area contributed by atoms with Gasteiger partial charge in [-0.1, -0.05) is 37.3 Å². The third-order valence-electron chi connectivity index (χ3n) is 4.88. The van der Waals surface area contributed by atoms with Gasteiger partial charge in [-0.05, 0) is 37.2 Å². The summed E-state index contributed by atoms with van der Waals surface area (Å²) in [5.74, 6) is 0.696. The molecule has 0 aliphatic carbocycles. The first kappa shape index (κ1) is 16.4. The Bertz CT molecular complexity index is 686. The lowest BCUT2D eigenvalue weighted by molar-refractivity contribution is 0.212. The van der Waals surface area contributed by atoms with Crippen LogP contribution in [0.15, 0.2) is 42.7 Å². The van der Waals surface area contributed by atoms with Gasteiger partial charge in [-0.15, -0.1) is 0 Å². The number of nitrogens with one attached hydrogen (secondary N) is 1. The normalized spacial score (nSPS) is 21.2. The molecule has 1 aliphatic rings. The zero-order chi connectivity index (χ0) is 17.0. The van der Waals surface area contributed by atoms with Crippen LogP contribution in [0.1, 0.15) is 37.6 Å². The number of amides is 2. The molecule has 5 nitrogen and oxygen atoms in total. The lowest BCUT2D eigenvalue weighted by Crippen LogP contribution is -2.36. The van der Waals surface area contributed by atoms with Crippen molar-refractivity contribution in [3.05, 3.63) is 54.1 Å². The highest BCUT2D eigenvalue weighted by molar-refractivity contribution is 5.88. The molecule has 2 heterocycles. The Morgan fingerprint density at radius 3 is 2.54 bits per heavy atom. The zero-order valence-corrected chi connectivity index (χ0v) is 14.3. The second-order valence-corrected chi connectivity index (χ2v) is 6.72. The van der Waals surface area contributed by atoms with E-state index >= 15 is 0 Å². The van der Waals surface area contributed by atoms with Gasteiger partial charge in [-0.2, -0.15) is 0 Å². The molecule has 1 aromatic heterocycles. The molecule has 0 bridgehead atoms. The first-order valence-corrected chi connectivity index (χ1v) is 8.47. The number of anilines is 1. The van der Waals surface area contributed by atoms with Crippen molar-refractivity contribution < 1.29 is 4.79 Å². The Balaban J connectivity index is 1.64. The maximum Gasteiger partial charge on any atom is 0.321 e. The molecule has 24 heavy (non-hydrogen) atoms. The molecule has 2 amide bonds. The van der Waals surface area contributed by atoms with Crippen LogP contribution in [0, 0.1) is 6.92 Å². The van der Waals surface area contributed by atoms with E-state index in [1.54, 1.807) is 12.4 Å². The Labute approximate surface area is 143 Å². The molecule has 2 aromatic rings. The van der Waals surface area contributed by atoms with Crippen molar-refractivity contribution in [3.8, 4) is 0 Å². The molecule has 1 saturated heterocycles. The third kappa shape index (κ3) is 3.72. The molecule has 0 saturated carbocycles. The summed E-state index contributed by atoms with van der Waals surface area (Å²) >= 11 is 0. The first-order valence-electron chi connectivity index (χ1n) is 8.47. The number of hydrogen-bond donors (Lipinski definition) is 1. The van der Waals surface area contributed by atoms with Crippen LogP contribution in [0.2, 0.25) is 0 Å². The maximum atomic E-state index is 12.5. The van der Waals surface area contributed by atoms with Gasteiger partial charge in [0.2, 0.25) is 0 Å². The van der Waals surface area contributed by atoms with Crippen LogP contribution in [0.4, 0.5) is 10.5 Å². The summed E-state index contributed by atoms with van der Waals surface area (Å²) in [6.45, 7) is 5.66. The molecule has 0 radical (unpaired) electrons. The number of carbonyl (C=O) groups is 1. The number of carbonyl (C=O) groups excluding carboxylic acids is 1. The number of aromatic nitrogens is 2. The number of aryl methyl sites for hydroxylation is 1. The molecular formula is C19H24N4O. The molecule has 0 spiro atoms.